The van der Waals surface area contributed by atoms with E-state index in [1.165, 1.54) is 24.5 Å². The summed E-state index contributed by atoms with van der Waals surface area (Å²) in [5.41, 5.74) is 6.93. The van der Waals surface area contributed by atoms with Crippen LogP contribution in [-0.2, 0) is 13.1 Å². The molecule has 0 saturated carbocycles. The molecule has 0 unspecified atom stereocenters. The summed E-state index contributed by atoms with van der Waals surface area (Å²) in [4.78, 5) is 12.1. The van der Waals surface area contributed by atoms with Crippen LogP contribution >= 0.6 is 0 Å². The number of anilines is 1. The largest absolute Gasteiger partial charge is 0.406 e. The number of nitrogens with zero attached hydrogens (tertiary/aromatic N) is 5. The van der Waals surface area contributed by atoms with E-state index in [4.69, 9.17) is 5.73 Å². The van der Waals surface area contributed by atoms with Gasteiger partial charge in [-0.3, -0.25) is 0 Å². The standard InChI is InChI=1S/C17H20F4N6/c18-13-1-3-14(4-2-13)25-7-9-26(10-8-25)16(22)24-11-15-23-5-6-27(15)12-17(19,20)21/h1-6H,7-12H2,(H2,22,24). The van der Waals surface area contributed by atoms with E-state index in [1.807, 2.05) is 4.90 Å². The van der Waals surface area contributed by atoms with Crippen molar-refractivity contribution in [3.05, 3.63) is 48.3 Å². The van der Waals surface area contributed by atoms with Crippen LogP contribution in [0.2, 0.25) is 0 Å². The molecule has 0 spiro atoms. The van der Waals surface area contributed by atoms with Crippen molar-refractivity contribution in [3.8, 4) is 0 Å². The van der Waals surface area contributed by atoms with Crippen LogP contribution in [0.15, 0.2) is 41.7 Å². The molecule has 1 aliphatic heterocycles. The number of piperazine rings is 1. The number of hydrogen-bond acceptors (Lipinski definition) is 3. The normalized spacial score (nSPS) is 16.1. The van der Waals surface area contributed by atoms with Crippen molar-refractivity contribution in [2.45, 2.75) is 19.3 Å². The molecule has 146 valence electrons. The Labute approximate surface area is 153 Å². The van der Waals surface area contributed by atoms with Gasteiger partial charge in [0.15, 0.2) is 5.96 Å². The van der Waals surface area contributed by atoms with Crippen LogP contribution in [0.25, 0.3) is 0 Å². The van der Waals surface area contributed by atoms with Crippen molar-refractivity contribution in [2.75, 3.05) is 31.1 Å². The van der Waals surface area contributed by atoms with E-state index in [-0.39, 0.29) is 24.1 Å². The maximum absolute atomic E-state index is 13.0. The zero-order chi connectivity index (χ0) is 19.4. The minimum atomic E-state index is -4.32. The molecule has 0 amide bonds. The van der Waals surface area contributed by atoms with Crippen molar-refractivity contribution >= 4 is 11.6 Å². The van der Waals surface area contributed by atoms with E-state index in [2.05, 4.69) is 14.9 Å². The lowest BCUT2D eigenvalue weighted by molar-refractivity contribution is -0.141. The van der Waals surface area contributed by atoms with Crippen molar-refractivity contribution in [2.24, 2.45) is 10.7 Å². The molecule has 1 fully saturated rings. The summed E-state index contributed by atoms with van der Waals surface area (Å²) < 4.78 is 51.7. The number of imidazole rings is 1. The van der Waals surface area contributed by atoms with E-state index in [0.29, 0.717) is 26.2 Å². The number of nitrogens with two attached hydrogens (primary N) is 1. The summed E-state index contributed by atoms with van der Waals surface area (Å²) >= 11 is 0. The first kappa shape index (κ1) is 19.0. The van der Waals surface area contributed by atoms with Gasteiger partial charge in [0.25, 0.3) is 0 Å². The highest BCUT2D eigenvalue weighted by molar-refractivity contribution is 5.78. The maximum atomic E-state index is 13.0. The lowest BCUT2D eigenvalue weighted by atomic mass is 10.2. The van der Waals surface area contributed by atoms with Crippen molar-refractivity contribution in [3.63, 3.8) is 0 Å². The van der Waals surface area contributed by atoms with Gasteiger partial charge < -0.3 is 20.1 Å². The Kier molecular flexibility index (Phi) is 5.52. The first-order chi connectivity index (χ1) is 12.8. The zero-order valence-electron chi connectivity index (χ0n) is 14.5. The van der Waals surface area contributed by atoms with Crippen LogP contribution < -0.4 is 10.6 Å². The molecule has 6 nitrogen and oxygen atoms in total. The molecule has 2 N–H and O–H groups in total. The predicted molar refractivity (Wildman–Crippen MR) is 93.8 cm³/mol. The highest BCUT2D eigenvalue weighted by Gasteiger charge is 2.28. The first-order valence-electron chi connectivity index (χ1n) is 8.44. The van der Waals surface area contributed by atoms with E-state index >= 15 is 0 Å². The molecule has 0 bridgehead atoms. The van der Waals surface area contributed by atoms with Crippen molar-refractivity contribution in [1.82, 2.24) is 14.5 Å². The number of aromatic nitrogens is 2. The highest BCUT2D eigenvalue weighted by atomic mass is 19.4. The maximum Gasteiger partial charge on any atom is 0.406 e. The number of halogens is 4. The van der Waals surface area contributed by atoms with Crippen LogP contribution in [-0.4, -0.2) is 52.8 Å². The summed E-state index contributed by atoms with van der Waals surface area (Å²) in [6.45, 7) is 1.48. The van der Waals surface area contributed by atoms with E-state index in [1.54, 1.807) is 12.1 Å². The van der Waals surface area contributed by atoms with Crippen LogP contribution in [0, 0.1) is 5.82 Å². The summed E-state index contributed by atoms with van der Waals surface area (Å²) in [5, 5.41) is 0. The van der Waals surface area contributed by atoms with Gasteiger partial charge >= 0.3 is 6.18 Å². The SMILES string of the molecule is NC(=NCc1nccn1CC(F)(F)F)N1CCN(c2ccc(F)cc2)CC1. The molecule has 1 aliphatic rings. The lowest BCUT2D eigenvalue weighted by Crippen LogP contribution is -2.51. The van der Waals surface area contributed by atoms with Gasteiger partial charge in [-0.15, -0.1) is 0 Å². The van der Waals surface area contributed by atoms with Crippen LogP contribution in [0.5, 0.6) is 0 Å². The minimum absolute atomic E-state index is 0.0207. The Hall–Kier alpha value is -2.78. The van der Waals surface area contributed by atoms with Gasteiger partial charge in [0.1, 0.15) is 24.7 Å². The average Bonchev–Trinajstić information content (AvgIpc) is 3.05. The van der Waals surface area contributed by atoms with Crippen LogP contribution in [0.1, 0.15) is 5.82 Å². The van der Waals surface area contributed by atoms with E-state index in [9.17, 15) is 17.6 Å². The Bertz CT molecular complexity index is 775. The zero-order valence-corrected chi connectivity index (χ0v) is 14.5. The van der Waals surface area contributed by atoms with Crippen LogP contribution in [0.4, 0.5) is 23.2 Å². The first-order valence-corrected chi connectivity index (χ1v) is 8.44. The summed E-state index contributed by atoms with van der Waals surface area (Å²) in [7, 11) is 0. The molecule has 0 aliphatic carbocycles. The van der Waals surface area contributed by atoms with E-state index < -0.39 is 12.7 Å². The number of hydrogen-bond donors (Lipinski definition) is 1. The predicted octanol–water partition coefficient (Wildman–Crippen LogP) is 2.22. The van der Waals surface area contributed by atoms with Gasteiger partial charge in [-0.2, -0.15) is 13.2 Å². The molecule has 1 aromatic carbocycles. The van der Waals surface area contributed by atoms with Gasteiger partial charge in [0, 0.05) is 44.3 Å². The molecule has 0 radical (unpaired) electrons. The quantitative estimate of drug-likeness (QED) is 0.499. The van der Waals surface area contributed by atoms with Gasteiger partial charge in [0.05, 0.1) is 0 Å². The second-order valence-corrected chi connectivity index (χ2v) is 6.21. The fourth-order valence-electron chi connectivity index (χ4n) is 2.93. The Morgan fingerprint density at radius 1 is 1.11 bits per heavy atom. The molecule has 3 rings (SSSR count). The van der Waals surface area contributed by atoms with E-state index in [0.717, 1.165) is 10.3 Å². The van der Waals surface area contributed by atoms with Gasteiger partial charge in [-0.05, 0) is 24.3 Å². The molecule has 27 heavy (non-hydrogen) atoms. The van der Waals surface area contributed by atoms with Gasteiger partial charge in [-0.25, -0.2) is 14.4 Å². The molecule has 1 saturated heterocycles. The van der Waals surface area contributed by atoms with Gasteiger partial charge in [-0.1, -0.05) is 0 Å². The molecule has 0 atom stereocenters. The third-order valence-electron chi connectivity index (χ3n) is 4.33. The number of guanidine groups is 1. The van der Waals surface area contributed by atoms with Gasteiger partial charge in [0.2, 0.25) is 0 Å². The number of alkyl halides is 3. The monoisotopic (exact) mass is 384 g/mol. The third-order valence-corrected chi connectivity index (χ3v) is 4.33. The number of benzene rings is 1. The fourth-order valence-corrected chi connectivity index (χ4v) is 2.93. The highest BCUT2D eigenvalue weighted by Crippen LogP contribution is 2.19. The average molecular weight is 384 g/mol. The number of aliphatic imine (C=N–C) groups is 1. The summed E-state index contributed by atoms with van der Waals surface area (Å²) in [6.07, 6.45) is -1.73. The fraction of sp³-hybridized carbons (Fsp3) is 0.412. The Morgan fingerprint density at radius 2 is 1.78 bits per heavy atom. The summed E-state index contributed by atoms with van der Waals surface area (Å²) in [5.74, 6) is 0.202. The molecule has 10 heteroatoms. The number of rotatable bonds is 4. The second-order valence-electron chi connectivity index (χ2n) is 6.21. The van der Waals surface area contributed by atoms with Crippen LogP contribution in [0.3, 0.4) is 0 Å². The second kappa shape index (κ2) is 7.85. The molecule has 2 aromatic rings. The lowest BCUT2D eigenvalue weighted by Gasteiger charge is -2.36. The Balaban J connectivity index is 1.56. The third kappa shape index (κ3) is 5.11. The van der Waals surface area contributed by atoms with Crippen molar-refractivity contribution in [1.29, 1.82) is 0 Å². The smallest absolute Gasteiger partial charge is 0.370 e. The molecule has 1 aromatic heterocycles. The molecule has 2 heterocycles. The Morgan fingerprint density at radius 3 is 2.41 bits per heavy atom. The van der Waals surface area contributed by atoms with Crippen molar-refractivity contribution < 1.29 is 17.6 Å². The molecular formula is C17H20F4N6. The topological polar surface area (TPSA) is 62.7 Å². The molecular weight excluding hydrogens is 364 g/mol. The minimum Gasteiger partial charge on any atom is -0.370 e. The summed E-state index contributed by atoms with van der Waals surface area (Å²) in [6, 6.07) is 6.28.